The van der Waals surface area contributed by atoms with Crippen LogP contribution in [-0.2, 0) is 4.74 Å². The molecule has 2 rings (SSSR count). The molecule has 6 nitrogen and oxygen atoms in total. The molecule has 0 aromatic heterocycles. The van der Waals surface area contributed by atoms with Gasteiger partial charge in [0.1, 0.15) is 5.82 Å². The van der Waals surface area contributed by atoms with Crippen molar-refractivity contribution in [3.63, 3.8) is 0 Å². The van der Waals surface area contributed by atoms with Crippen molar-refractivity contribution >= 4 is 11.4 Å². The summed E-state index contributed by atoms with van der Waals surface area (Å²) in [6.45, 7) is 4.05. The molecule has 1 heterocycles. The number of hydrogen-bond donors (Lipinski definition) is 2. The minimum absolute atomic E-state index is 0.0225. The number of nitro benzene ring substituents is 1. The molecule has 20 heavy (non-hydrogen) atoms. The first-order chi connectivity index (χ1) is 9.56. The molecule has 1 saturated heterocycles. The second-order valence-electron chi connectivity index (χ2n) is 4.93. The molecule has 2 N–H and O–H groups in total. The third-order valence-electron chi connectivity index (χ3n) is 3.20. The summed E-state index contributed by atoms with van der Waals surface area (Å²) >= 11 is 0. The van der Waals surface area contributed by atoms with Gasteiger partial charge in [0.05, 0.1) is 23.8 Å². The first-order valence-electron chi connectivity index (χ1n) is 6.58. The molecule has 0 radical (unpaired) electrons. The third kappa shape index (κ3) is 3.88. The van der Waals surface area contributed by atoms with Gasteiger partial charge in [0.25, 0.3) is 5.69 Å². The SMILES string of the molecule is CC(CC1COCCN1)Nc1cc([N+](=O)[O-])ccc1F. The zero-order valence-corrected chi connectivity index (χ0v) is 11.3. The maximum atomic E-state index is 13.6. The van der Waals surface area contributed by atoms with E-state index >= 15 is 0 Å². The summed E-state index contributed by atoms with van der Waals surface area (Å²) in [6.07, 6.45) is 0.752. The molecule has 110 valence electrons. The fourth-order valence-electron chi connectivity index (χ4n) is 2.26. The fraction of sp³-hybridized carbons (Fsp3) is 0.538. The van der Waals surface area contributed by atoms with Gasteiger partial charge < -0.3 is 15.4 Å². The number of halogens is 1. The van der Waals surface area contributed by atoms with E-state index in [1.54, 1.807) is 0 Å². The lowest BCUT2D eigenvalue weighted by Gasteiger charge is -2.27. The standard InChI is InChI=1S/C13H18FN3O3/c1-9(6-10-8-20-5-4-15-10)16-13-7-11(17(18)19)2-3-12(13)14/h2-3,7,9-10,15-16H,4-6,8H2,1H3. The van der Waals surface area contributed by atoms with Crippen LogP contribution in [0.2, 0.25) is 0 Å². The molecular formula is C13H18FN3O3. The molecule has 2 unspecified atom stereocenters. The Labute approximate surface area is 116 Å². The van der Waals surface area contributed by atoms with Crippen LogP contribution >= 0.6 is 0 Å². The van der Waals surface area contributed by atoms with Gasteiger partial charge in [0.15, 0.2) is 0 Å². The molecule has 7 heteroatoms. The quantitative estimate of drug-likeness (QED) is 0.637. The molecular weight excluding hydrogens is 265 g/mol. The molecule has 0 saturated carbocycles. The summed E-state index contributed by atoms with van der Waals surface area (Å²) in [4.78, 5) is 10.2. The summed E-state index contributed by atoms with van der Waals surface area (Å²) in [5, 5.41) is 17.0. The zero-order valence-electron chi connectivity index (χ0n) is 11.3. The van der Waals surface area contributed by atoms with Gasteiger partial charge in [-0.15, -0.1) is 0 Å². The van der Waals surface area contributed by atoms with Crippen LogP contribution in [0.3, 0.4) is 0 Å². The Morgan fingerprint density at radius 3 is 3.10 bits per heavy atom. The first-order valence-corrected chi connectivity index (χ1v) is 6.58. The summed E-state index contributed by atoms with van der Waals surface area (Å²) in [6, 6.07) is 3.67. The van der Waals surface area contributed by atoms with Crippen molar-refractivity contribution in [1.29, 1.82) is 0 Å². The van der Waals surface area contributed by atoms with E-state index in [1.165, 1.54) is 6.07 Å². The van der Waals surface area contributed by atoms with Gasteiger partial charge in [-0.25, -0.2) is 4.39 Å². The molecule has 0 amide bonds. The van der Waals surface area contributed by atoms with Crippen LogP contribution < -0.4 is 10.6 Å². The lowest BCUT2D eigenvalue weighted by Crippen LogP contribution is -2.43. The molecule has 2 atom stereocenters. The number of nitro groups is 1. The summed E-state index contributed by atoms with van der Waals surface area (Å²) in [5.74, 6) is -0.490. The van der Waals surface area contributed by atoms with E-state index < -0.39 is 10.7 Å². The molecule has 1 aromatic rings. The zero-order chi connectivity index (χ0) is 14.5. The number of anilines is 1. The van der Waals surface area contributed by atoms with Crippen molar-refractivity contribution in [1.82, 2.24) is 5.32 Å². The molecule has 0 bridgehead atoms. The van der Waals surface area contributed by atoms with Crippen molar-refractivity contribution in [2.24, 2.45) is 0 Å². The molecule has 0 spiro atoms. The number of benzene rings is 1. The lowest BCUT2D eigenvalue weighted by molar-refractivity contribution is -0.384. The predicted octanol–water partition coefficient (Wildman–Crippen LogP) is 1.91. The number of morpholine rings is 1. The first kappa shape index (κ1) is 14.7. The Morgan fingerprint density at radius 2 is 2.45 bits per heavy atom. The highest BCUT2D eigenvalue weighted by Crippen LogP contribution is 2.22. The number of nitrogens with zero attached hydrogens (tertiary/aromatic N) is 1. The van der Waals surface area contributed by atoms with E-state index in [0.29, 0.717) is 13.2 Å². The normalized spacial score (nSPS) is 20.4. The fourth-order valence-corrected chi connectivity index (χ4v) is 2.26. The van der Waals surface area contributed by atoms with Gasteiger partial charge in [0, 0.05) is 30.8 Å². The van der Waals surface area contributed by atoms with Crippen molar-refractivity contribution < 1.29 is 14.1 Å². The maximum Gasteiger partial charge on any atom is 0.271 e. The largest absolute Gasteiger partial charge is 0.380 e. The second-order valence-corrected chi connectivity index (χ2v) is 4.93. The van der Waals surface area contributed by atoms with Gasteiger partial charge in [-0.2, -0.15) is 0 Å². The average molecular weight is 283 g/mol. The topological polar surface area (TPSA) is 76.4 Å². The third-order valence-corrected chi connectivity index (χ3v) is 3.20. The van der Waals surface area contributed by atoms with E-state index in [4.69, 9.17) is 4.74 Å². The number of hydrogen-bond acceptors (Lipinski definition) is 5. The smallest absolute Gasteiger partial charge is 0.271 e. The van der Waals surface area contributed by atoms with E-state index in [1.807, 2.05) is 6.92 Å². The lowest BCUT2D eigenvalue weighted by atomic mass is 10.1. The van der Waals surface area contributed by atoms with Gasteiger partial charge in [-0.05, 0) is 19.4 Å². The van der Waals surface area contributed by atoms with Crippen LogP contribution in [0.25, 0.3) is 0 Å². The molecule has 1 aromatic carbocycles. The monoisotopic (exact) mass is 283 g/mol. The molecule has 1 fully saturated rings. The van der Waals surface area contributed by atoms with E-state index in [-0.39, 0.29) is 23.5 Å². The Kier molecular flexibility index (Phi) is 4.86. The summed E-state index contributed by atoms with van der Waals surface area (Å²) in [7, 11) is 0. The number of rotatable bonds is 5. The van der Waals surface area contributed by atoms with Crippen molar-refractivity contribution in [3.8, 4) is 0 Å². The van der Waals surface area contributed by atoms with Crippen LogP contribution in [0.15, 0.2) is 18.2 Å². The highest BCUT2D eigenvalue weighted by atomic mass is 19.1. The minimum atomic E-state index is -0.536. The predicted molar refractivity (Wildman–Crippen MR) is 73.4 cm³/mol. The molecule has 1 aliphatic heterocycles. The summed E-state index contributed by atoms with van der Waals surface area (Å²) < 4.78 is 19.0. The number of nitrogens with one attached hydrogen (secondary N) is 2. The van der Waals surface area contributed by atoms with Gasteiger partial charge in [0.2, 0.25) is 0 Å². The van der Waals surface area contributed by atoms with E-state index in [0.717, 1.165) is 25.1 Å². The van der Waals surface area contributed by atoms with Crippen molar-refractivity contribution in [3.05, 3.63) is 34.1 Å². The Balaban J connectivity index is 1.97. The highest BCUT2D eigenvalue weighted by Gasteiger charge is 2.18. The van der Waals surface area contributed by atoms with Crippen LogP contribution in [0.5, 0.6) is 0 Å². The molecule has 0 aliphatic carbocycles. The Morgan fingerprint density at radius 1 is 1.65 bits per heavy atom. The highest BCUT2D eigenvalue weighted by molar-refractivity contribution is 5.52. The van der Waals surface area contributed by atoms with Gasteiger partial charge >= 0.3 is 0 Å². The van der Waals surface area contributed by atoms with Gasteiger partial charge in [-0.3, -0.25) is 10.1 Å². The van der Waals surface area contributed by atoms with Gasteiger partial charge in [-0.1, -0.05) is 0 Å². The average Bonchev–Trinajstić information content (AvgIpc) is 2.42. The van der Waals surface area contributed by atoms with Crippen LogP contribution in [0, 0.1) is 15.9 Å². The Bertz CT molecular complexity index is 478. The van der Waals surface area contributed by atoms with Crippen molar-refractivity contribution in [2.75, 3.05) is 25.1 Å². The van der Waals surface area contributed by atoms with Crippen LogP contribution in [0.4, 0.5) is 15.8 Å². The number of ether oxygens (including phenoxy) is 1. The minimum Gasteiger partial charge on any atom is -0.380 e. The van der Waals surface area contributed by atoms with Crippen molar-refractivity contribution in [2.45, 2.75) is 25.4 Å². The van der Waals surface area contributed by atoms with Crippen LogP contribution in [-0.4, -0.2) is 36.8 Å². The Hall–Kier alpha value is -1.73. The van der Waals surface area contributed by atoms with E-state index in [2.05, 4.69) is 10.6 Å². The summed E-state index contributed by atoms with van der Waals surface area (Å²) in [5.41, 5.74) is 0.0312. The number of non-ortho nitro benzene ring substituents is 1. The molecule has 1 aliphatic rings. The van der Waals surface area contributed by atoms with Crippen LogP contribution in [0.1, 0.15) is 13.3 Å². The second kappa shape index (κ2) is 6.62. The maximum absolute atomic E-state index is 13.6. The van der Waals surface area contributed by atoms with E-state index in [9.17, 15) is 14.5 Å².